The number of hydrogen-bond donors (Lipinski definition) is 1. The zero-order valence-electron chi connectivity index (χ0n) is 10.8. The van der Waals surface area contributed by atoms with Crippen LogP contribution in [-0.4, -0.2) is 30.6 Å². The van der Waals surface area contributed by atoms with Crippen molar-refractivity contribution in [2.45, 2.75) is 59.5 Å². The molecule has 0 heterocycles. The molecule has 86 valence electrons. The Kier molecular flexibility index (Phi) is 5.68. The van der Waals surface area contributed by atoms with Crippen LogP contribution in [0.3, 0.4) is 0 Å². The van der Waals surface area contributed by atoms with E-state index < -0.39 is 0 Å². The highest BCUT2D eigenvalue weighted by molar-refractivity contribution is 4.82. The fourth-order valence-electron chi connectivity index (χ4n) is 1.83. The lowest BCUT2D eigenvalue weighted by atomic mass is 9.85. The van der Waals surface area contributed by atoms with Crippen LogP contribution in [0.15, 0.2) is 0 Å². The minimum Gasteiger partial charge on any atom is -0.327 e. The van der Waals surface area contributed by atoms with E-state index in [1.54, 1.807) is 0 Å². The van der Waals surface area contributed by atoms with E-state index >= 15 is 0 Å². The summed E-state index contributed by atoms with van der Waals surface area (Å²) >= 11 is 0. The average Bonchev–Trinajstić information content (AvgIpc) is 2.05. The first-order valence-corrected chi connectivity index (χ1v) is 5.81. The molecule has 0 spiro atoms. The summed E-state index contributed by atoms with van der Waals surface area (Å²) in [5.74, 6) is 0. The van der Waals surface area contributed by atoms with Crippen molar-refractivity contribution >= 4 is 0 Å². The lowest BCUT2D eigenvalue weighted by molar-refractivity contribution is 0.137. The number of hydrogen-bond acceptors (Lipinski definition) is 2. The maximum absolute atomic E-state index is 5.97. The standard InChI is InChI=1S/C12H28N2/c1-7-11(8-2)14(6)9-12(4,5)10(3)13/h10-11H,7-9,13H2,1-6H3. The Labute approximate surface area is 89.9 Å². The Bertz CT molecular complexity index is 148. The molecule has 0 amide bonds. The van der Waals surface area contributed by atoms with Gasteiger partial charge >= 0.3 is 0 Å². The van der Waals surface area contributed by atoms with Crippen LogP contribution >= 0.6 is 0 Å². The first kappa shape index (κ1) is 13.9. The van der Waals surface area contributed by atoms with Crippen molar-refractivity contribution in [2.75, 3.05) is 13.6 Å². The van der Waals surface area contributed by atoms with Gasteiger partial charge < -0.3 is 10.6 Å². The van der Waals surface area contributed by atoms with Gasteiger partial charge in [-0.05, 0) is 32.2 Å². The van der Waals surface area contributed by atoms with E-state index in [9.17, 15) is 0 Å². The van der Waals surface area contributed by atoms with Crippen molar-refractivity contribution < 1.29 is 0 Å². The third-order valence-corrected chi connectivity index (χ3v) is 3.46. The van der Waals surface area contributed by atoms with Gasteiger partial charge in [0.15, 0.2) is 0 Å². The Morgan fingerprint density at radius 1 is 1.21 bits per heavy atom. The van der Waals surface area contributed by atoms with Crippen molar-refractivity contribution in [1.29, 1.82) is 0 Å². The zero-order valence-corrected chi connectivity index (χ0v) is 10.8. The molecule has 2 nitrogen and oxygen atoms in total. The van der Waals surface area contributed by atoms with E-state index in [2.05, 4.69) is 46.6 Å². The molecule has 0 aliphatic carbocycles. The SMILES string of the molecule is CCC(CC)N(C)CC(C)(C)C(C)N. The summed E-state index contributed by atoms with van der Waals surface area (Å²) in [4.78, 5) is 2.45. The molecular formula is C12H28N2. The van der Waals surface area contributed by atoms with Gasteiger partial charge in [0.1, 0.15) is 0 Å². The van der Waals surface area contributed by atoms with Crippen LogP contribution in [-0.2, 0) is 0 Å². The zero-order chi connectivity index (χ0) is 11.4. The van der Waals surface area contributed by atoms with Crippen molar-refractivity contribution in [3.8, 4) is 0 Å². The molecule has 2 heteroatoms. The van der Waals surface area contributed by atoms with Gasteiger partial charge in [-0.1, -0.05) is 27.7 Å². The van der Waals surface area contributed by atoms with Crippen LogP contribution in [0.1, 0.15) is 47.5 Å². The third-order valence-electron chi connectivity index (χ3n) is 3.46. The first-order chi connectivity index (χ1) is 6.35. The molecule has 14 heavy (non-hydrogen) atoms. The summed E-state index contributed by atoms with van der Waals surface area (Å²) in [6.07, 6.45) is 2.45. The molecule has 0 aromatic carbocycles. The van der Waals surface area contributed by atoms with Gasteiger partial charge in [0.2, 0.25) is 0 Å². The fraction of sp³-hybridized carbons (Fsp3) is 1.00. The molecule has 1 unspecified atom stereocenters. The molecule has 0 rings (SSSR count). The minimum atomic E-state index is 0.206. The molecule has 0 aliphatic heterocycles. The second kappa shape index (κ2) is 5.72. The van der Waals surface area contributed by atoms with Crippen LogP contribution in [0, 0.1) is 5.41 Å². The molecule has 0 radical (unpaired) electrons. The van der Waals surface area contributed by atoms with Gasteiger partial charge in [-0.2, -0.15) is 0 Å². The maximum Gasteiger partial charge on any atom is 0.00872 e. The van der Waals surface area contributed by atoms with Gasteiger partial charge in [0.25, 0.3) is 0 Å². The number of rotatable bonds is 6. The van der Waals surface area contributed by atoms with Crippen LogP contribution in [0.5, 0.6) is 0 Å². The van der Waals surface area contributed by atoms with Gasteiger partial charge in [-0.3, -0.25) is 0 Å². The largest absolute Gasteiger partial charge is 0.327 e. The van der Waals surface area contributed by atoms with Gasteiger partial charge in [0.05, 0.1) is 0 Å². The van der Waals surface area contributed by atoms with Crippen LogP contribution < -0.4 is 5.73 Å². The van der Waals surface area contributed by atoms with E-state index in [4.69, 9.17) is 5.73 Å². The van der Waals surface area contributed by atoms with Crippen LogP contribution in [0.2, 0.25) is 0 Å². The third kappa shape index (κ3) is 3.97. The highest BCUT2D eigenvalue weighted by Gasteiger charge is 2.26. The summed E-state index contributed by atoms with van der Waals surface area (Å²) in [5.41, 5.74) is 6.18. The predicted octanol–water partition coefficient (Wildman–Crippen LogP) is 2.48. The summed E-state index contributed by atoms with van der Waals surface area (Å²) < 4.78 is 0. The lowest BCUT2D eigenvalue weighted by Gasteiger charge is -2.37. The molecule has 0 aliphatic rings. The Morgan fingerprint density at radius 3 is 1.93 bits per heavy atom. The van der Waals surface area contributed by atoms with E-state index in [1.165, 1.54) is 12.8 Å². The summed E-state index contributed by atoms with van der Waals surface area (Å²) in [6, 6.07) is 0.951. The van der Waals surface area contributed by atoms with Crippen molar-refractivity contribution in [2.24, 2.45) is 11.1 Å². The summed E-state index contributed by atoms with van der Waals surface area (Å²) in [5, 5.41) is 0. The van der Waals surface area contributed by atoms with E-state index in [0.717, 1.165) is 6.54 Å². The summed E-state index contributed by atoms with van der Waals surface area (Å²) in [7, 11) is 2.21. The molecule has 0 aromatic heterocycles. The van der Waals surface area contributed by atoms with Gasteiger partial charge in [0, 0.05) is 18.6 Å². The van der Waals surface area contributed by atoms with Crippen molar-refractivity contribution in [3.63, 3.8) is 0 Å². The Morgan fingerprint density at radius 2 is 1.64 bits per heavy atom. The highest BCUT2D eigenvalue weighted by Crippen LogP contribution is 2.22. The Balaban J connectivity index is 4.22. The molecule has 1 atom stereocenters. The molecule has 0 saturated heterocycles. The minimum absolute atomic E-state index is 0.206. The predicted molar refractivity (Wildman–Crippen MR) is 64.4 cm³/mol. The first-order valence-electron chi connectivity index (χ1n) is 5.81. The molecular weight excluding hydrogens is 172 g/mol. The number of nitrogens with zero attached hydrogens (tertiary/aromatic N) is 1. The maximum atomic E-state index is 5.97. The van der Waals surface area contributed by atoms with Crippen LogP contribution in [0.4, 0.5) is 0 Å². The van der Waals surface area contributed by atoms with Crippen molar-refractivity contribution in [1.82, 2.24) is 4.90 Å². The average molecular weight is 200 g/mol. The topological polar surface area (TPSA) is 29.3 Å². The number of nitrogens with two attached hydrogens (primary N) is 1. The highest BCUT2D eigenvalue weighted by atomic mass is 15.1. The fourth-order valence-corrected chi connectivity index (χ4v) is 1.83. The van der Waals surface area contributed by atoms with Gasteiger partial charge in [-0.25, -0.2) is 0 Å². The second-order valence-corrected chi connectivity index (χ2v) is 5.16. The molecule has 0 bridgehead atoms. The van der Waals surface area contributed by atoms with E-state index in [-0.39, 0.29) is 11.5 Å². The van der Waals surface area contributed by atoms with Gasteiger partial charge in [-0.15, -0.1) is 0 Å². The molecule has 0 saturated carbocycles. The summed E-state index contributed by atoms with van der Waals surface area (Å²) in [6.45, 7) is 12.2. The molecule has 0 fully saturated rings. The Hall–Kier alpha value is -0.0800. The smallest absolute Gasteiger partial charge is 0.00872 e. The second-order valence-electron chi connectivity index (χ2n) is 5.16. The van der Waals surface area contributed by atoms with Crippen molar-refractivity contribution in [3.05, 3.63) is 0 Å². The van der Waals surface area contributed by atoms with E-state index in [0.29, 0.717) is 6.04 Å². The normalized spacial score (nSPS) is 15.2. The van der Waals surface area contributed by atoms with E-state index in [1.807, 2.05) is 0 Å². The molecule has 2 N–H and O–H groups in total. The monoisotopic (exact) mass is 200 g/mol. The lowest BCUT2D eigenvalue weighted by Crippen LogP contribution is -2.45. The quantitative estimate of drug-likeness (QED) is 0.714. The van der Waals surface area contributed by atoms with Crippen LogP contribution in [0.25, 0.3) is 0 Å². The molecule has 0 aromatic rings.